The number of hydrogen-bond donors (Lipinski definition) is 1. The number of imidazole rings is 1. The van der Waals surface area contributed by atoms with Crippen molar-refractivity contribution in [3.63, 3.8) is 0 Å². The van der Waals surface area contributed by atoms with Crippen molar-refractivity contribution in [2.24, 2.45) is 0 Å². The molecule has 136 valence electrons. The van der Waals surface area contributed by atoms with Crippen LogP contribution >= 0.6 is 22.9 Å². The van der Waals surface area contributed by atoms with Gasteiger partial charge >= 0.3 is 0 Å². The minimum atomic E-state index is -0.507. The number of carbonyl (C=O) groups excluding carboxylic acids is 1. The fraction of sp³-hybridized carbons (Fsp3) is 0.105. The molecule has 8 heteroatoms. The second-order valence-corrected chi connectivity index (χ2v) is 7.60. The molecule has 0 aliphatic rings. The highest BCUT2D eigenvalue weighted by atomic mass is 35.5. The topological polar surface area (TPSA) is 63.5 Å². The van der Waals surface area contributed by atoms with Crippen molar-refractivity contribution in [2.45, 2.75) is 13.8 Å². The van der Waals surface area contributed by atoms with E-state index >= 15 is 0 Å². The Labute approximate surface area is 162 Å². The van der Waals surface area contributed by atoms with Gasteiger partial charge in [-0.05, 0) is 55.3 Å². The third kappa shape index (κ3) is 3.09. The molecule has 0 aliphatic carbocycles. The number of benzene rings is 2. The number of fused-ring (bicyclic) bond motifs is 3. The van der Waals surface area contributed by atoms with Gasteiger partial charge in [-0.15, -0.1) is 0 Å². The first-order chi connectivity index (χ1) is 12.8. The Bertz CT molecular complexity index is 1300. The molecule has 0 unspecified atom stereocenters. The van der Waals surface area contributed by atoms with Crippen LogP contribution in [0.1, 0.15) is 20.8 Å². The van der Waals surface area contributed by atoms with Crippen molar-refractivity contribution in [3.8, 4) is 0 Å². The van der Waals surface area contributed by atoms with Gasteiger partial charge in [0.05, 0.1) is 21.7 Å². The lowest BCUT2D eigenvalue weighted by Crippen LogP contribution is -2.17. The second kappa shape index (κ2) is 6.44. The van der Waals surface area contributed by atoms with E-state index in [1.165, 1.54) is 22.6 Å². The fourth-order valence-electron chi connectivity index (χ4n) is 2.78. The molecule has 1 N–H and O–H groups in total. The first kappa shape index (κ1) is 17.6. The highest BCUT2D eigenvalue weighted by Gasteiger charge is 2.16. The highest BCUT2D eigenvalue weighted by Crippen LogP contribution is 2.25. The van der Waals surface area contributed by atoms with Crippen LogP contribution < -0.4 is 10.9 Å². The van der Waals surface area contributed by atoms with Crippen LogP contribution in [0.15, 0.2) is 41.2 Å². The number of carbonyl (C=O) groups is 1. The molecule has 0 aliphatic heterocycles. The van der Waals surface area contributed by atoms with Crippen molar-refractivity contribution >= 4 is 50.5 Å². The van der Waals surface area contributed by atoms with Gasteiger partial charge in [-0.3, -0.25) is 14.0 Å². The number of aromatic nitrogens is 2. The van der Waals surface area contributed by atoms with E-state index in [1.807, 2.05) is 26.0 Å². The minimum Gasteiger partial charge on any atom is -0.320 e. The molecular weight excluding hydrogens is 389 g/mol. The summed E-state index contributed by atoms with van der Waals surface area (Å²) in [5.74, 6) is -1.01. The molecule has 0 bridgehead atoms. The standard InChI is InChI=1S/C19H13ClFN3O2S/c1-9-5-14-15(6-10(9)2)24-17(25)8-16(27-19(24)23-14)18(26)22-13-4-3-11(21)7-12(13)20/h3-8H,1-2H3,(H,22,26). The van der Waals surface area contributed by atoms with Crippen molar-refractivity contribution in [3.05, 3.63) is 73.6 Å². The molecule has 0 atom stereocenters. The summed E-state index contributed by atoms with van der Waals surface area (Å²) in [6.45, 7) is 3.95. The quantitative estimate of drug-likeness (QED) is 0.535. The first-order valence-electron chi connectivity index (χ1n) is 8.03. The van der Waals surface area contributed by atoms with E-state index in [1.54, 1.807) is 0 Å². The summed E-state index contributed by atoms with van der Waals surface area (Å²) < 4.78 is 14.6. The maximum Gasteiger partial charge on any atom is 0.266 e. The van der Waals surface area contributed by atoms with E-state index in [0.29, 0.717) is 16.0 Å². The summed E-state index contributed by atoms with van der Waals surface area (Å²) in [7, 11) is 0. The Balaban J connectivity index is 1.79. The molecular formula is C19H13ClFN3O2S. The van der Waals surface area contributed by atoms with Crippen LogP contribution in [0.3, 0.4) is 0 Å². The Hall–Kier alpha value is -2.77. The van der Waals surface area contributed by atoms with Gasteiger partial charge in [0.15, 0.2) is 4.96 Å². The summed E-state index contributed by atoms with van der Waals surface area (Å²) in [5.41, 5.74) is 3.47. The van der Waals surface area contributed by atoms with Gasteiger partial charge in [0, 0.05) is 6.07 Å². The Morgan fingerprint density at radius 3 is 2.67 bits per heavy atom. The van der Waals surface area contributed by atoms with Gasteiger partial charge in [0.1, 0.15) is 10.7 Å². The van der Waals surface area contributed by atoms with Crippen LogP contribution in [-0.4, -0.2) is 15.3 Å². The molecule has 27 heavy (non-hydrogen) atoms. The minimum absolute atomic E-state index is 0.0780. The van der Waals surface area contributed by atoms with Gasteiger partial charge < -0.3 is 5.32 Å². The molecule has 0 spiro atoms. The van der Waals surface area contributed by atoms with Gasteiger partial charge in [0.2, 0.25) is 0 Å². The van der Waals surface area contributed by atoms with E-state index in [-0.39, 0.29) is 21.1 Å². The average molecular weight is 402 g/mol. The fourth-order valence-corrected chi connectivity index (χ4v) is 3.92. The molecule has 5 nitrogen and oxygen atoms in total. The number of rotatable bonds is 2. The van der Waals surface area contributed by atoms with Crippen LogP contribution in [0.5, 0.6) is 0 Å². The lowest BCUT2D eigenvalue weighted by atomic mass is 10.1. The molecule has 0 radical (unpaired) electrons. The Kier molecular flexibility index (Phi) is 4.20. The van der Waals surface area contributed by atoms with Crippen molar-refractivity contribution in [1.29, 1.82) is 0 Å². The van der Waals surface area contributed by atoms with Crippen LogP contribution in [-0.2, 0) is 0 Å². The predicted octanol–water partition coefficient (Wildman–Crippen LogP) is 4.57. The lowest BCUT2D eigenvalue weighted by Gasteiger charge is -2.07. The van der Waals surface area contributed by atoms with Crippen molar-refractivity contribution < 1.29 is 9.18 Å². The number of nitrogens with zero attached hydrogens (tertiary/aromatic N) is 2. The van der Waals surface area contributed by atoms with E-state index in [4.69, 9.17) is 11.6 Å². The zero-order chi connectivity index (χ0) is 19.3. The zero-order valence-corrected chi connectivity index (χ0v) is 15.9. The molecule has 2 aromatic heterocycles. The molecule has 0 saturated carbocycles. The highest BCUT2D eigenvalue weighted by molar-refractivity contribution is 7.18. The summed E-state index contributed by atoms with van der Waals surface area (Å²) >= 11 is 7.04. The number of nitrogens with one attached hydrogen (secondary N) is 1. The maximum absolute atomic E-state index is 13.1. The number of aryl methyl sites for hydroxylation is 2. The maximum atomic E-state index is 13.1. The van der Waals surface area contributed by atoms with Gasteiger partial charge in [-0.25, -0.2) is 9.37 Å². The van der Waals surface area contributed by atoms with Crippen molar-refractivity contribution in [1.82, 2.24) is 9.38 Å². The third-order valence-corrected chi connectivity index (χ3v) is 5.61. The first-order valence-corrected chi connectivity index (χ1v) is 9.23. The summed E-state index contributed by atoms with van der Waals surface area (Å²) in [6, 6.07) is 8.76. The second-order valence-electron chi connectivity index (χ2n) is 6.18. The van der Waals surface area contributed by atoms with Crippen LogP contribution in [0, 0.1) is 19.7 Å². The third-order valence-electron chi connectivity index (χ3n) is 4.32. The zero-order valence-electron chi connectivity index (χ0n) is 14.3. The van der Waals surface area contributed by atoms with E-state index < -0.39 is 11.7 Å². The molecule has 4 aromatic rings. The van der Waals surface area contributed by atoms with Gasteiger partial charge in [0.25, 0.3) is 11.5 Å². The Morgan fingerprint density at radius 1 is 1.19 bits per heavy atom. The van der Waals surface area contributed by atoms with Gasteiger partial charge in [-0.2, -0.15) is 0 Å². The smallest absolute Gasteiger partial charge is 0.266 e. The molecule has 2 heterocycles. The number of amides is 1. The van der Waals surface area contributed by atoms with Crippen LogP contribution in [0.25, 0.3) is 16.0 Å². The Morgan fingerprint density at radius 2 is 1.93 bits per heavy atom. The van der Waals surface area contributed by atoms with E-state index in [0.717, 1.165) is 28.5 Å². The van der Waals surface area contributed by atoms with E-state index in [2.05, 4.69) is 10.3 Å². The average Bonchev–Trinajstić information content (AvgIpc) is 2.95. The van der Waals surface area contributed by atoms with E-state index in [9.17, 15) is 14.0 Å². The molecule has 2 aromatic carbocycles. The van der Waals surface area contributed by atoms with Crippen LogP contribution in [0.4, 0.5) is 10.1 Å². The SMILES string of the molecule is Cc1cc2nc3sc(C(=O)Nc4ccc(F)cc4Cl)cc(=O)n3c2cc1C. The largest absolute Gasteiger partial charge is 0.320 e. The van der Waals surface area contributed by atoms with Crippen LogP contribution in [0.2, 0.25) is 5.02 Å². The summed E-state index contributed by atoms with van der Waals surface area (Å²) in [5, 5.41) is 2.67. The number of anilines is 1. The summed E-state index contributed by atoms with van der Waals surface area (Å²) in [4.78, 5) is 30.3. The molecule has 0 fully saturated rings. The molecule has 1 amide bonds. The molecule has 4 rings (SSSR count). The monoisotopic (exact) mass is 401 g/mol. The van der Waals surface area contributed by atoms with Gasteiger partial charge in [-0.1, -0.05) is 22.9 Å². The molecule has 0 saturated heterocycles. The number of halogens is 2. The predicted molar refractivity (Wildman–Crippen MR) is 106 cm³/mol. The lowest BCUT2D eigenvalue weighted by molar-refractivity contribution is 0.103. The van der Waals surface area contributed by atoms with Crippen molar-refractivity contribution in [2.75, 3.05) is 5.32 Å². The summed E-state index contributed by atoms with van der Waals surface area (Å²) in [6.07, 6.45) is 0. The number of hydrogen-bond acceptors (Lipinski definition) is 4. The normalized spacial score (nSPS) is 11.3.